The van der Waals surface area contributed by atoms with Gasteiger partial charge >= 0.3 is 0 Å². The lowest BCUT2D eigenvalue weighted by Crippen LogP contribution is -2.35. The highest BCUT2D eigenvalue weighted by Gasteiger charge is 2.24. The van der Waals surface area contributed by atoms with Gasteiger partial charge in [0.15, 0.2) is 6.61 Å². The van der Waals surface area contributed by atoms with Gasteiger partial charge in [0.25, 0.3) is 11.8 Å². The van der Waals surface area contributed by atoms with Crippen LogP contribution in [-0.2, 0) is 17.8 Å². The zero-order valence-electron chi connectivity index (χ0n) is 18.9. The van der Waals surface area contributed by atoms with Crippen molar-refractivity contribution >= 4 is 28.8 Å². The Morgan fingerprint density at radius 2 is 1.82 bits per heavy atom. The van der Waals surface area contributed by atoms with Crippen molar-refractivity contribution in [2.75, 3.05) is 25.1 Å². The molecule has 7 heteroatoms. The molecule has 0 fully saturated rings. The Morgan fingerprint density at radius 3 is 2.58 bits per heavy atom. The quantitative estimate of drug-likeness (QED) is 0.506. The lowest BCUT2D eigenvalue weighted by atomic mass is 10.0. The number of thiophene rings is 1. The van der Waals surface area contributed by atoms with Crippen molar-refractivity contribution in [2.24, 2.45) is 0 Å². The lowest BCUT2D eigenvalue weighted by molar-refractivity contribution is -0.118. The number of nitrogens with one attached hydrogen (secondary N) is 1. The molecule has 172 valence electrons. The maximum absolute atomic E-state index is 13.2. The summed E-state index contributed by atoms with van der Waals surface area (Å²) in [6.45, 7) is 5.79. The van der Waals surface area contributed by atoms with E-state index in [1.807, 2.05) is 30.0 Å². The maximum atomic E-state index is 13.2. The summed E-state index contributed by atoms with van der Waals surface area (Å²) < 4.78 is 11.1. The number of fused-ring (bicyclic) bond motifs is 1. The lowest BCUT2D eigenvalue weighted by Gasteiger charge is -2.28. The first-order valence-corrected chi connectivity index (χ1v) is 12.0. The van der Waals surface area contributed by atoms with E-state index >= 15 is 0 Å². The first-order chi connectivity index (χ1) is 16.0. The highest BCUT2D eigenvalue weighted by molar-refractivity contribution is 7.10. The predicted octanol–water partition coefficient (Wildman–Crippen LogP) is 5.06. The van der Waals surface area contributed by atoms with Crippen LogP contribution in [0.4, 0.5) is 5.69 Å². The van der Waals surface area contributed by atoms with Crippen LogP contribution in [0, 0.1) is 6.92 Å². The molecule has 4 rings (SSSR count). The summed E-state index contributed by atoms with van der Waals surface area (Å²) in [6, 6.07) is 14.7. The van der Waals surface area contributed by atoms with E-state index in [1.165, 1.54) is 10.4 Å². The first kappa shape index (κ1) is 22.9. The predicted molar refractivity (Wildman–Crippen MR) is 130 cm³/mol. The van der Waals surface area contributed by atoms with Crippen molar-refractivity contribution in [1.82, 2.24) is 4.90 Å². The fourth-order valence-corrected chi connectivity index (χ4v) is 4.67. The van der Waals surface area contributed by atoms with Crippen LogP contribution in [0.2, 0.25) is 0 Å². The van der Waals surface area contributed by atoms with Gasteiger partial charge in [0, 0.05) is 29.2 Å². The fraction of sp³-hybridized carbons (Fsp3) is 0.308. The van der Waals surface area contributed by atoms with Crippen LogP contribution in [0.15, 0.2) is 53.9 Å². The summed E-state index contributed by atoms with van der Waals surface area (Å²) in [5, 5.41) is 4.95. The molecular formula is C26H28N2O4S. The van der Waals surface area contributed by atoms with Crippen molar-refractivity contribution in [3.05, 3.63) is 75.5 Å². The molecule has 0 saturated carbocycles. The Morgan fingerprint density at radius 1 is 1.06 bits per heavy atom. The van der Waals surface area contributed by atoms with E-state index in [4.69, 9.17) is 9.47 Å². The molecule has 6 nitrogen and oxygen atoms in total. The molecule has 2 amide bonds. The third-order valence-electron chi connectivity index (χ3n) is 5.60. The average molecular weight is 465 g/mol. The van der Waals surface area contributed by atoms with Gasteiger partial charge in [0.05, 0.1) is 6.61 Å². The molecule has 2 heterocycles. The molecule has 0 radical (unpaired) electrons. The van der Waals surface area contributed by atoms with Crippen LogP contribution in [-0.4, -0.2) is 36.5 Å². The van der Waals surface area contributed by atoms with E-state index in [0.717, 1.165) is 24.2 Å². The second kappa shape index (κ2) is 10.5. The molecule has 0 unspecified atom stereocenters. The van der Waals surface area contributed by atoms with Gasteiger partial charge in [0.1, 0.15) is 11.5 Å². The van der Waals surface area contributed by atoms with Crippen LogP contribution < -0.4 is 14.8 Å². The first-order valence-electron chi connectivity index (χ1n) is 11.1. The monoisotopic (exact) mass is 464 g/mol. The molecule has 0 bridgehead atoms. The SMILES string of the molecule is CCCOc1ccc(OCC(=O)Nc2cccc(C(=O)N3CCc4sccc4C3)c2C)cc1. The minimum Gasteiger partial charge on any atom is -0.494 e. The molecule has 33 heavy (non-hydrogen) atoms. The van der Waals surface area contributed by atoms with Crippen LogP contribution >= 0.6 is 11.3 Å². The number of hydrogen-bond acceptors (Lipinski definition) is 5. The van der Waals surface area contributed by atoms with Crippen LogP contribution in [0.25, 0.3) is 0 Å². The summed E-state index contributed by atoms with van der Waals surface area (Å²) in [4.78, 5) is 28.9. The number of rotatable bonds is 8. The number of carbonyl (C=O) groups is 2. The number of ether oxygens (including phenoxy) is 2. The minimum absolute atomic E-state index is 0.0120. The van der Waals surface area contributed by atoms with Gasteiger partial charge in [0.2, 0.25) is 0 Å². The molecule has 0 saturated heterocycles. The van der Waals surface area contributed by atoms with E-state index in [2.05, 4.69) is 23.7 Å². The zero-order chi connectivity index (χ0) is 23.2. The van der Waals surface area contributed by atoms with Gasteiger partial charge in [-0.15, -0.1) is 11.3 Å². The molecular weight excluding hydrogens is 436 g/mol. The van der Waals surface area contributed by atoms with Gasteiger partial charge in [-0.05, 0) is 78.7 Å². The molecule has 0 atom stereocenters. The highest BCUT2D eigenvalue weighted by Crippen LogP contribution is 2.27. The number of nitrogens with zero attached hydrogens (tertiary/aromatic N) is 1. The van der Waals surface area contributed by atoms with Crippen molar-refractivity contribution in [1.29, 1.82) is 0 Å². The Bertz CT molecular complexity index is 1120. The summed E-state index contributed by atoms with van der Waals surface area (Å²) in [7, 11) is 0. The van der Waals surface area contributed by atoms with Crippen LogP contribution in [0.1, 0.15) is 39.7 Å². The minimum atomic E-state index is -0.283. The van der Waals surface area contributed by atoms with Gasteiger partial charge < -0.3 is 19.7 Å². The van der Waals surface area contributed by atoms with E-state index < -0.39 is 0 Å². The van der Waals surface area contributed by atoms with Gasteiger partial charge in [-0.2, -0.15) is 0 Å². The van der Waals surface area contributed by atoms with Crippen LogP contribution in [0.3, 0.4) is 0 Å². The Balaban J connectivity index is 1.35. The summed E-state index contributed by atoms with van der Waals surface area (Å²) >= 11 is 1.75. The van der Waals surface area contributed by atoms with Gasteiger partial charge in [-0.25, -0.2) is 0 Å². The Hall–Kier alpha value is -3.32. The average Bonchev–Trinajstić information content (AvgIpc) is 3.31. The van der Waals surface area contributed by atoms with Gasteiger partial charge in [-0.3, -0.25) is 9.59 Å². The number of anilines is 1. The van der Waals surface area contributed by atoms with E-state index in [-0.39, 0.29) is 18.4 Å². The molecule has 3 aromatic rings. The fourth-order valence-electron chi connectivity index (χ4n) is 3.78. The van der Waals surface area contributed by atoms with Crippen molar-refractivity contribution in [2.45, 2.75) is 33.2 Å². The number of hydrogen-bond donors (Lipinski definition) is 1. The standard InChI is InChI=1S/C26H28N2O4S/c1-3-14-31-20-7-9-21(10-8-20)32-17-25(29)27-23-6-4-5-22(18(23)2)26(30)28-13-11-24-19(16-28)12-15-33-24/h4-10,12,15H,3,11,13-14,16-17H2,1-2H3,(H,27,29). The van der Waals surface area contributed by atoms with Crippen LogP contribution in [0.5, 0.6) is 11.5 Å². The normalized spacial score (nSPS) is 12.7. The third kappa shape index (κ3) is 5.54. The Kier molecular flexibility index (Phi) is 7.29. The second-order valence-electron chi connectivity index (χ2n) is 7.98. The third-order valence-corrected chi connectivity index (χ3v) is 6.62. The van der Waals surface area contributed by atoms with Crippen molar-refractivity contribution < 1.29 is 19.1 Å². The number of benzene rings is 2. The van der Waals surface area contributed by atoms with E-state index in [0.29, 0.717) is 36.7 Å². The zero-order valence-corrected chi connectivity index (χ0v) is 19.7. The maximum Gasteiger partial charge on any atom is 0.262 e. The number of carbonyl (C=O) groups excluding carboxylic acids is 2. The number of amides is 2. The molecule has 1 N–H and O–H groups in total. The van der Waals surface area contributed by atoms with Gasteiger partial charge in [-0.1, -0.05) is 13.0 Å². The summed E-state index contributed by atoms with van der Waals surface area (Å²) in [5.74, 6) is 1.07. The summed E-state index contributed by atoms with van der Waals surface area (Å²) in [5.41, 5.74) is 3.20. The van der Waals surface area contributed by atoms with Crippen molar-refractivity contribution in [3.63, 3.8) is 0 Å². The molecule has 1 aromatic heterocycles. The van der Waals surface area contributed by atoms with Crippen molar-refractivity contribution in [3.8, 4) is 11.5 Å². The summed E-state index contributed by atoms with van der Waals surface area (Å²) in [6.07, 6.45) is 1.83. The second-order valence-corrected chi connectivity index (χ2v) is 8.98. The molecule has 0 spiro atoms. The topological polar surface area (TPSA) is 67.9 Å². The van der Waals surface area contributed by atoms with E-state index in [1.54, 1.807) is 35.6 Å². The molecule has 1 aliphatic rings. The molecule has 0 aliphatic carbocycles. The smallest absolute Gasteiger partial charge is 0.262 e. The largest absolute Gasteiger partial charge is 0.494 e. The highest BCUT2D eigenvalue weighted by atomic mass is 32.1. The van der Waals surface area contributed by atoms with E-state index in [9.17, 15) is 9.59 Å². The molecule has 2 aromatic carbocycles. The Labute approximate surface area is 198 Å². The molecule has 1 aliphatic heterocycles.